The van der Waals surface area contributed by atoms with Crippen LogP contribution in [0, 0.1) is 0 Å². The van der Waals surface area contributed by atoms with Crippen LogP contribution < -0.4 is 5.32 Å². The van der Waals surface area contributed by atoms with Gasteiger partial charge in [-0.15, -0.1) is 0 Å². The highest BCUT2D eigenvalue weighted by atomic mass is 35.5. The Hall–Kier alpha value is -1.75. The van der Waals surface area contributed by atoms with Crippen LogP contribution in [0.3, 0.4) is 0 Å². The minimum atomic E-state index is -1.09. The summed E-state index contributed by atoms with van der Waals surface area (Å²) in [7, 11) is 0. The van der Waals surface area contributed by atoms with E-state index in [2.05, 4.69) is 5.32 Å². The van der Waals surface area contributed by atoms with Crippen LogP contribution in [0.4, 0.5) is 5.69 Å². The summed E-state index contributed by atoms with van der Waals surface area (Å²) in [4.78, 5) is 23.0. The van der Waals surface area contributed by atoms with Gasteiger partial charge in [-0.3, -0.25) is 4.79 Å². The summed E-state index contributed by atoms with van der Waals surface area (Å²) in [6.07, 6.45) is 0.604. The molecule has 0 aromatic heterocycles. The molecule has 0 aliphatic rings. The molecule has 120 valence electrons. The fourth-order valence-electron chi connectivity index (χ4n) is 1.94. The highest BCUT2D eigenvalue weighted by molar-refractivity contribution is 6.35. The Bertz CT molecular complexity index is 762. The summed E-state index contributed by atoms with van der Waals surface area (Å²) in [5.41, 5.74) is 1.11. The van der Waals surface area contributed by atoms with E-state index in [-0.39, 0.29) is 28.6 Å². The molecular formula is C16H12Cl3NO3. The number of carboxylic acids is 1. The quantitative estimate of drug-likeness (QED) is 0.783. The number of carbonyl (C=O) groups excluding carboxylic acids is 1. The lowest BCUT2D eigenvalue weighted by Gasteiger charge is -2.09. The molecule has 0 saturated carbocycles. The number of benzene rings is 2. The van der Waals surface area contributed by atoms with Gasteiger partial charge in [0.2, 0.25) is 5.91 Å². The average molecular weight is 373 g/mol. The van der Waals surface area contributed by atoms with Gasteiger partial charge >= 0.3 is 5.97 Å². The molecule has 0 bridgehead atoms. The second-order valence-electron chi connectivity index (χ2n) is 4.78. The van der Waals surface area contributed by atoms with Crippen LogP contribution in [-0.4, -0.2) is 17.0 Å². The van der Waals surface area contributed by atoms with E-state index in [1.54, 1.807) is 18.2 Å². The molecule has 0 saturated heterocycles. The topological polar surface area (TPSA) is 66.4 Å². The van der Waals surface area contributed by atoms with E-state index in [0.717, 1.165) is 5.56 Å². The van der Waals surface area contributed by atoms with Gasteiger partial charge < -0.3 is 10.4 Å². The van der Waals surface area contributed by atoms with Crippen LogP contribution in [0.25, 0.3) is 0 Å². The summed E-state index contributed by atoms with van der Waals surface area (Å²) in [6, 6.07) is 9.19. The van der Waals surface area contributed by atoms with Crippen LogP contribution in [0.1, 0.15) is 22.3 Å². The molecule has 2 aromatic carbocycles. The van der Waals surface area contributed by atoms with Crippen LogP contribution in [-0.2, 0) is 11.2 Å². The number of hydrogen-bond donors (Lipinski definition) is 2. The molecule has 0 spiro atoms. The molecule has 0 heterocycles. The second-order valence-corrected chi connectivity index (χ2v) is 6.03. The molecule has 0 aliphatic heterocycles. The molecule has 7 heteroatoms. The highest BCUT2D eigenvalue weighted by Gasteiger charge is 2.11. The molecule has 23 heavy (non-hydrogen) atoms. The fraction of sp³-hybridized carbons (Fsp3) is 0.125. The smallest absolute Gasteiger partial charge is 0.335 e. The summed E-state index contributed by atoms with van der Waals surface area (Å²) in [5, 5.41) is 12.9. The van der Waals surface area contributed by atoms with Crippen LogP contribution in [0.2, 0.25) is 15.1 Å². The first-order valence-electron chi connectivity index (χ1n) is 6.63. The average Bonchev–Trinajstić information content (AvgIpc) is 2.48. The Morgan fingerprint density at radius 2 is 1.74 bits per heavy atom. The zero-order chi connectivity index (χ0) is 17.0. The third kappa shape index (κ3) is 4.86. The van der Waals surface area contributed by atoms with E-state index >= 15 is 0 Å². The number of aromatic carboxylic acids is 1. The van der Waals surface area contributed by atoms with Crippen molar-refractivity contribution in [2.24, 2.45) is 0 Å². The van der Waals surface area contributed by atoms with Crippen molar-refractivity contribution in [3.8, 4) is 0 Å². The lowest BCUT2D eigenvalue weighted by Crippen LogP contribution is -2.13. The van der Waals surface area contributed by atoms with Gasteiger partial charge in [-0.25, -0.2) is 4.79 Å². The maximum atomic E-state index is 12.0. The number of rotatable bonds is 5. The van der Waals surface area contributed by atoms with E-state index < -0.39 is 5.97 Å². The minimum Gasteiger partial charge on any atom is -0.478 e. The van der Waals surface area contributed by atoms with E-state index in [9.17, 15) is 9.59 Å². The number of anilines is 1. The van der Waals surface area contributed by atoms with Gasteiger partial charge in [0.1, 0.15) is 0 Å². The maximum Gasteiger partial charge on any atom is 0.335 e. The van der Waals surface area contributed by atoms with Crippen molar-refractivity contribution in [2.75, 3.05) is 5.32 Å². The van der Waals surface area contributed by atoms with Crippen LogP contribution in [0.15, 0.2) is 36.4 Å². The first-order valence-corrected chi connectivity index (χ1v) is 7.77. The van der Waals surface area contributed by atoms with Crippen molar-refractivity contribution in [1.82, 2.24) is 0 Å². The van der Waals surface area contributed by atoms with E-state index in [1.807, 2.05) is 0 Å². The van der Waals surface area contributed by atoms with Gasteiger partial charge in [0.15, 0.2) is 0 Å². The summed E-state index contributed by atoms with van der Waals surface area (Å²) in [5.74, 6) is -1.38. The maximum absolute atomic E-state index is 12.0. The molecule has 0 fully saturated rings. The van der Waals surface area contributed by atoms with Crippen molar-refractivity contribution >= 4 is 52.4 Å². The zero-order valence-corrected chi connectivity index (χ0v) is 14.0. The second kappa shape index (κ2) is 7.68. The first-order chi connectivity index (χ1) is 10.9. The first kappa shape index (κ1) is 17.6. The largest absolute Gasteiger partial charge is 0.478 e. The van der Waals surface area contributed by atoms with Gasteiger partial charge in [-0.1, -0.05) is 40.9 Å². The predicted octanol–water partition coefficient (Wildman–Crippen LogP) is 4.92. The minimum absolute atomic E-state index is 0.0467. The third-order valence-electron chi connectivity index (χ3n) is 3.12. The normalized spacial score (nSPS) is 10.4. The Morgan fingerprint density at radius 1 is 1.00 bits per heavy atom. The Morgan fingerprint density at radius 3 is 2.39 bits per heavy atom. The molecule has 4 nitrogen and oxygen atoms in total. The van der Waals surface area contributed by atoms with E-state index in [1.165, 1.54) is 18.2 Å². The standard InChI is InChI=1S/C16H12Cl3NO3/c17-11-4-1-9(13(19)8-11)3-6-15(21)20-14-7-10(16(22)23)2-5-12(14)18/h1-2,4-5,7-8H,3,6H2,(H,20,21)(H,22,23). The molecule has 0 atom stereocenters. The van der Waals surface area contributed by atoms with Crippen LogP contribution >= 0.6 is 34.8 Å². The SMILES string of the molecule is O=C(CCc1ccc(Cl)cc1Cl)Nc1cc(C(=O)O)ccc1Cl. The lowest BCUT2D eigenvalue weighted by molar-refractivity contribution is -0.116. The molecule has 2 rings (SSSR count). The Balaban J connectivity index is 2.02. The molecule has 0 aliphatic carbocycles. The number of nitrogens with one attached hydrogen (secondary N) is 1. The molecule has 0 unspecified atom stereocenters. The Kier molecular flexibility index (Phi) is 5.88. The number of amides is 1. The van der Waals surface area contributed by atoms with Crippen molar-refractivity contribution in [1.29, 1.82) is 0 Å². The molecule has 2 N–H and O–H groups in total. The van der Waals surface area contributed by atoms with Crippen molar-refractivity contribution in [3.05, 3.63) is 62.6 Å². The zero-order valence-electron chi connectivity index (χ0n) is 11.8. The summed E-state index contributed by atoms with van der Waals surface area (Å²) >= 11 is 17.8. The molecule has 2 aromatic rings. The monoisotopic (exact) mass is 371 g/mol. The van der Waals surface area contributed by atoms with Gasteiger partial charge in [-0.2, -0.15) is 0 Å². The van der Waals surface area contributed by atoms with Gasteiger partial charge in [0, 0.05) is 16.5 Å². The fourth-order valence-corrected chi connectivity index (χ4v) is 2.61. The number of hydrogen-bond acceptors (Lipinski definition) is 2. The lowest BCUT2D eigenvalue weighted by atomic mass is 10.1. The van der Waals surface area contributed by atoms with E-state index in [4.69, 9.17) is 39.9 Å². The van der Waals surface area contributed by atoms with Gasteiger partial charge in [0.05, 0.1) is 16.3 Å². The summed E-state index contributed by atoms with van der Waals surface area (Å²) in [6.45, 7) is 0. The summed E-state index contributed by atoms with van der Waals surface area (Å²) < 4.78 is 0. The van der Waals surface area contributed by atoms with Crippen molar-refractivity contribution in [2.45, 2.75) is 12.8 Å². The van der Waals surface area contributed by atoms with Crippen molar-refractivity contribution < 1.29 is 14.7 Å². The molecular weight excluding hydrogens is 361 g/mol. The number of aryl methyl sites for hydroxylation is 1. The number of carbonyl (C=O) groups is 2. The molecule has 0 radical (unpaired) electrons. The number of carboxylic acid groups (broad SMARTS) is 1. The predicted molar refractivity (Wildman–Crippen MR) is 91.8 cm³/mol. The third-order valence-corrected chi connectivity index (χ3v) is 4.04. The van der Waals surface area contributed by atoms with E-state index in [0.29, 0.717) is 16.5 Å². The van der Waals surface area contributed by atoms with Gasteiger partial charge in [0.25, 0.3) is 0 Å². The highest BCUT2D eigenvalue weighted by Crippen LogP contribution is 2.25. The molecule has 1 amide bonds. The van der Waals surface area contributed by atoms with Crippen molar-refractivity contribution in [3.63, 3.8) is 0 Å². The van der Waals surface area contributed by atoms with Crippen LogP contribution in [0.5, 0.6) is 0 Å². The van der Waals surface area contributed by atoms with Gasteiger partial charge in [-0.05, 0) is 42.3 Å². The number of halogens is 3. The Labute approximate surface area is 148 Å².